The molecule has 0 radical (unpaired) electrons. The largest absolute Gasteiger partial charge is 0.480 e. The van der Waals surface area contributed by atoms with Gasteiger partial charge in [0.05, 0.1) is 5.41 Å². The highest BCUT2D eigenvalue weighted by Gasteiger charge is 2.41. The maximum absolute atomic E-state index is 13.0. The molecule has 1 amide bonds. The summed E-state index contributed by atoms with van der Waals surface area (Å²) in [6, 6.07) is 23.2. The van der Waals surface area contributed by atoms with Crippen LogP contribution in [0.2, 0.25) is 0 Å². The van der Waals surface area contributed by atoms with Crippen molar-refractivity contribution in [1.29, 1.82) is 0 Å². The third-order valence-corrected chi connectivity index (χ3v) is 7.07. The van der Waals surface area contributed by atoms with E-state index in [1.165, 1.54) is 22.0 Å². The second kappa shape index (κ2) is 11.4. The molecule has 1 heterocycles. The summed E-state index contributed by atoms with van der Waals surface area (Å²) < 4.78 is 5.49. The molecule has 1 fully saturated rings. The topological polar surface area (TPSA) is 78.9 Å². The van der Waals surface area contributed by atoms with Crippen molar-refractivity contribution in [2.75, 3.05) is 37.7 Å². The Kier molecular flexibility index (Phi) is 8.03. The number of nitrogens with one attached hydrogen (secondary N) is 1. The van der Waals surface area contributed by atoms with E-state index in [2.05, 4.69) is 71.7 Å². The van der Waals surface area contributed by atoms with Crippen molar-refractivity contribution in [2.45, 2.75) is 38.0 Å². The van der Waals surface area contributed by atoms with Gasteiger partial charge in [-0.3, -0.25) is 9.59 Å². The van der Waals surface area contributed by atoms with Gasteiger partial charge < -0.3 is 20.1 Å². The summed E-state index contributed by atoms with van der Waals surface area (Å²) in [6.45, 7) is 4.71. The third kappa shape index (κ3) is 5.65. The van der Waals surface area contributed by atoms with Crippen molar-refractivity contribution < 1.29 is 19.4 Å². The summed E-state index contributed by atoms with van der Waals surface area (Å²) in [5.74, 6) is -1.27. The molecule has 0 bridgehead atoms. The van der Waals surface area contributed by atoms with Crippen LogP contribution in [0.5, 0.6) is 0 Å². The molecule has 184 valence electrons. The van der Waals surface area contributed by atoms with Gasteiger partial charge in [-0.1, -0.05) is 60.7 Å². The Bertz CT molecular complexity index is 1150. The van der Waals surface area contributed by atoms with Crippen LogP contribution >= 0.6 is 0 Å². The minimum Gasteiger partial charge on any atom is -0.480 e. The predicted octanol–water partition coefficient (Wildman–Crippen LogP) is 4.55. The van der Waals surface area contributed by atoms with E-state index in [1.54, 1.807) is 0 Å². The lowest BCUT2D eigenvalue weighted by atomic mass is 9.73. The summed E-state index contributed by atoms with van der Waals surface area (Å²) >= 11 is 0. The number of fused-ring (bicyclic) bond motifs is 1. The van der Waals surface area contributed by atoms with Gasteiger partial charge in [-0.05, 0) is 55.2 Å². The fourth-order valence-electron chi connectivity index (χ4n) is 5.09. The van der Waals surface area contributed by atoms with E-state index < -0.39 is 11.4 Å². The van der Waals surface area contributed by atoms with Gasteiger partial charge in [0, 0.05) is 37.4 Å². The van der Waals surface area contributed by atoms with Gasteiger partial charge >= 0.3 is 5.97 Å². The summed E-state index contributed by atoms with van der Waals surface area (Å²) in [5.41, 5.74) is 2.70. The predicted molar refractivity (Wildman–Crippen MR) is 139 cm³/mol. The average molecular weight is 475 g/mol. The van der Waals surface area contributed by atoms with Gasteiger partial charge in [0.25, 0.3) is 0 Å². The molecule has 0 aromatic heterocycles. The van der Waals surface area contributed by atoms with Gasteiger partial charge in [-0.25, -0.2) is 0 Å². The van der Waals surface area contributed by atoms with Crippen molar-refractivity contribution in [3.8, 4) is 0 Å². The molecule has 0 aliphatic carbocycles. The number of rotatable bonds is 10. The SMILES string of the molecule is CCN(CCCc1ccc(C2(C(=O)NCC(=O)O)CCOCC2)cc1)c1cccc2ccccc12. The average Bonchev–Trinajstić information content (AvgIpc) is 2.90. The van der Waals surface area contributed by atoms with Crippen LogP contribution in [-0.4, -0.2) is 49.8 Å². The highest BCUT2D eigenvalue weighted by atomic mass is 16.5. The molecule has 6 heteroatoms. The van der Waals surface area contributed by atoms with Crippen LogP contribution in [0.3, 0.4) is 0 Å². The zero-order chi connectivity index (χ0) is 24.7. The normalized spacial score (nSPS) is 15.0. The number of anilines is 1. The highest BCUT2D eigenvalue weighted by Crippen LogP contribution is 2.35. The Labute approximate surface area is 206 Å². The van der Waals surface area contributed by atoms with Crippen molar-refractivity contribution in [3.05, 3.63) is 77.9 Å². The smallest absolute Gasteiger partial charge is 0.322 e. The van der Waals surface area contributed by atoms with Crippen LogP contribution in [0.1, 0.15) is 37.3 Å². The second-order valence-corrected chi connectivity index (χ2v) is 9.15. The molecule has 3 aromatic rings. The molecule has 0 saturated carbocycles. The number of amides is 1. The number of aliphatic carboxylic acids is 1. The first-order chi connectivity index (χ1) is 17.0. The number of ether oxygens (including phenoxy) is 1. The van der Waals surface area contributed by atoms with Gasteiger partial charge in [0.2, 0.25) is 5.91 Å². The molecule has 3 aromatic carbocycles. The number of hydrogen-bond acceptors (Lipinski definition) is 4. The van der Waals surface area contributed by atoms with E-state index in [-0.39, 0.29) is 12.5 Å². The molecular formula is C29H34N2O4. The lowest BCUT2D eigenvalue weighted by Crippen LogP contribution is -2.49. The van der Waals surface area contributed by atoms with Gasteiger partial charge in [0.1, 0.15) is 6.54 Å². The molecule has 4 rings (SSSR count). The van der Waals surface area contributed by atoms with E-state index in [0.29, 0.717) is 26.1 Å². The number of aryl methyl sites for hydroxylation is 1. The molecule has 2 N–H and O–H groups in total. The fraction of sp³-hybridized carbons (Fsp3) is 0.379. The number of carboxylic acid groups (broad SMARTS) is 1. The van der Waals surface area contributed by atoms with Gasteiger partial charge in [0.15, 0.2) is 0 Å². The van der Waals surface area contributed by atoms with Crippen molar-refractivity contribution in [2.24, 2.45) is 0 Å². The first-order valence-electron chi connectivity index (χ1n) is 12.4. The van der Waals surface area contributed by atoms with E-state index in [1.807, 2.05) is 12.1 Å². The number of nitrogens with zero attached hydrogens (tertiary/aromatic N) is 1. The minimum absolute atomic E-state index is 0.232. The van der Waals surface area contributed by atoms with Crippen molar-refractivity contribution in [1.82, 2.24) is 5.32 Å². The zero-order valence-corrected chi connectivity index (χ0v) is 20.3. The Morgan fingerprint density at radius 2 is 1.71 bits per heavy atom. The molecule has 1 aliphatic rings. The Morgan fingerprint density at radius 1 is 1.00 bits per heavy atom. The lowest BCUT2D eigenvalue weighted by Gasteiger charge is -2.36. The first kappa shape index (κ1) is 24.7. The number of hydrogen-bond donors (Lipinski definition) is 2. The van der Waals surface area contributed by atoms with Crippen molar-refractivity contribution in [3.63, 3.8) is 0 Å². The van der Waals surface area contributed by atoms with E-state index in [9.17, 15) is 9.59 Å². The van der Waals surface area contributed by atoms with E-state index in [0.717, 1.165) is 31.5 Å². The summed E-state index contributed by atoms with van der Waals surface area (Å²) in [7, 11) is 0. The molecule has 0 spiro atoms. The van der Waals surface area contributed by atoms with Gasteiger partial charge in [-0.15, -0.1) is 0 Å². The third-order valence-electron chi connectivity index (χ3n) is 7.07. The van der Waals surface area contributed by atoms with Crippen LogP contribution in [-0.2, 0) is 26.2 Å². The molecular weight excluding hydrogens is 440 g/mol. The summed E-state index contributed by atoms with van der Waals surface area (Å²) in [6.07, 6.45) is 3.07. The molecule has 0 unspecified atom stereocenters. The van der Waals surface area contributed by atoms with Crippen LogP contribution in [0.4, 0.5) is 5.69 Å². The quantitative estimate of drug-likeness (QED) is 0.451. The van der Waals surface area contributed by atoms with Crippen LogP contribution in [0.15, 0.2) is 66.7 Å². The lowest BCUT2D eigenvalue weighted by molar-refractivity contribution is -0.139. The summed E-state index contributed by atoms with van der Waals surface area (Å²) in [5, 5.41) is 14.1. The number of carboxylic acids is 1. The van der Waals surface area contributed by atoms with Crippen LogP contribution < -0.4 is 10.2 Å². The number of carbonyl (C=O) groups is 2. The molecule has 6 nitrogen and oxygen atoms in total. The van der Waals surface area contributed by atoms with Crippen LogP contribution in [0.25, 0.3) is 10.8 Å². The maximum atomic E-state index is 13.0. The second-order valence-electron chi connectivity index (χ2n) is 9.15. The van der Waals surface area contributed by atoms with Crippen molar-refractivity contribution >= 4 is 28.3 Å². The molecule has 35 heavy (non-hydrogen) atoms. The van der Waals surface area contributed by atoms with Crippen LogP contribution in [0, 0.1) is 0 Å². The zero-order valence-electron chi connectivity index (χ0n) is 20.3. The molecule has 1 aliphatic heterocycles. The maximum Gasteiger partial charge on any atom is 0.322 e. The van der Waals surface area contributed by atoms with Gasteiger partial charge in [-0.2, -0.15) is 0 Å². The summed E-state index contributed by atoms with van der Waals surface area (Å²) in [4.78, 5) is 26.4. The minimum atomic E-state index is -1.04. The Morgan fingerprint density at radius 3 is 2.43 bits per heavy atom. The Hall–Kier alpha value is -3.38. The Balaban J connectivity index is 1.42. The highest BCUT2D eigenvalue weighted by molar-refractivity contribution is 5.94. The van der Waals surface area contributed by atoms with E-state index >= 15 is 0 Å². The standard InChI is InChI=1S/C29H34N2O4/c1-2-31(26-11-5-9-23-8-3-4-10-25(23)26)18-6-7-22-12-14-24(15-13-22)29(16-19-35-20-17-29)28(34)30-21-27(32)33/h3-5,8-15H,2,6-7,16-21H2,1H3,(H,30,34)(H,32,33). The first-order valence-corrected chi connectivity index (χ1v) is 12.4. The fourth-order valence-corrected chi connectivity index (χ4v) is 5.09. The molecule has 0 atom stereocenters. The van der Waals surface area contributed by atoms with E-state index in [4.69, 9.17) is 9.84 Å². The molecule has 1 saturated heterocycles. The number of carbonyl (C=O) groups excluding carboxylic acids is 1. The number of benzene rings is 3. The monoisotopic (exact) mass is 474 g/mol.